The highest BCUT2D eigenvalue weighted by molar-refractivity contribution is 5.24. The highest BCUT2D eigenvalue weighted by atomic mass is 19.1. The fourth-order valence-corrected chi connectivity index (χ4v) is 1.52. The molecule has 0 bridgehead atoms. The van der Waals surface area contributed by atoms with Gasteiger partial charge in [0.05, 0.1) is 0 Å². The van der Waals surface area contributed by atoms with Crippen LogP contribution < -0.4 is 10.1 Å². The standard InChI is InChI=1S/C13H19F2NO2/c1-10(9-16-4-3-5-17-2)18-13-7-11(14)6-12(15)8-13/h6-8,10,16H,3-5,9H2,1-2H3. The summed E-state index contributed by atoms with van der Waals surface area (Å²) in [6, 6.07) is 3.16. The van der Waals surface area contributed by atoms with Crippen molar-refractivity contribution >= 4 is 0 Å². The molecule has 0 heterocycles. The van der Waals surface area contributed by atoms with Crippen LogP contribution in [-0.2, 0) is 4.74 Å². The minimum Gasteiger partial charge on any atom is -0.489 e. The van der Waals surface area contributed by atoms with Crippen LogP contribution in [0.5, 0.6) is 5.75 Å². The number of methoxy groups -OCH3 is 1. The molecule has 1 aromatic rings. The molecule has 0 aliphatic carbocycles. The van der Waals surface area contributed by atoms with Crippen LogP contribution >= 0.6 is 0 Å². The number of hydrogen-bond donors (Lipinski definition) is 1. The van der Waals surface area contributed by atoms with Gasteiger partial charge in [0.15, 0.2) is 0 Å². The van der Waals surface area contributed by atoms with Crippen LogP contribution in [0.3, 0.4) is 0 Å². The molecule has 5 heteroatoms. The van der Waals surface area contributed by atoms with Crippen molar-refractivity contribution in [2.75, 3.05) is 26.8 Å². The summed E-state index contributed by atoms with van der Waals surface area (Å²) in [5, 5.41) is 3.18. The average Bonchev–Trinajstić information content (AvgIpc) is 2.27. The van der Waals surface area contributed by atoms with Gasteiger partial charge >= 0.3 is 0 Å². The Hall–Kier alpha value is -1.20. The molecule has 0 spiro atoms. The Morgan fingerprint density at radius 2 is 1.89 bits per heavy atom. The van der Waals surface area contributed by atoms with Gasteiger partial charge in [-0.2, -0.15) is 0 Å². The SMILES string of the molecule is COCCCNCC(C)Oc1cc(F)cc(F)c1. The van der Waals surface area contributed by atoms with Crippen LogP contribution in [0.2, 0.25) is 0 Å². The van der Waals surface area contributed by atoms with E-state index in [1.807, 2.05) is 6.92 Å². The second-order valence-electron chi connectivity index (χ2n) is 4.08. The molecule has 102 valence electrons. The fraction of sp³-hybridized carbons (Fsp3) is 0.538. The van der Waals surface area contributed by atoms with E-state index < -0.39 is 11.6 Å². The lowest BCUT2D eigenvalue weighted by Gasteiger charge is -2.15. The molecular formula is C13H19F2NO2. The maximum absolute atomic E-state index is 12.9. The van der Waals surface area contributed by atoms with Crippen molar-refractivity contribution in [2.24, 2.45) is 0 Å². The van der Waals surface area contributed by atoms with E-state index in [2.05, 4.69) is 5.32 Å². The molecule has 1 atom stereocenters. The number of benzene rings is 1. The van der Waals surface area contributed by atoms with Gasteiger partial charge in [-0.25, -0.2) is 8.78 Å². The molecule has 1 rings (SSSR count). The molecular weight excluding hydrogens is 240 g/mol. The lowest BCUT2D eigenvalue weighted by atomic mass is 10.3. The number of halogens is 2. The zero-order valence-corrected chi connectivity index (χ0v) is 10.7. The monoisotopic (exact) mass is 259 g/mol. The summed E-state index contributed by atoms with van der Waals surface area (Å²) in [6.45, 7) is 3.98. The summed E-state index contributed by atoms with van der Waals surface area (Å²) >= 11 is 0. The van der Waals surface area contributed by atoms with Gasteiger partial charge in [0, 0.05) is 38.5 Å². The quantitative estimate of drug-likeness (QED) is 0.727. The third-order valence-corrected chi connectivity index (χ3v) is 2.31. The third-order valence-electron chi connectivity index (χ3n) is 2.31. The minimum atomic E-state index is -0.634. The maximum atomic E-state index is 12.9. The van der Waals surface area contributed by atoms with Gasteiger partial charge in [0.2, 0.25) is 0 Å². The predicted molar refractivity (Wildman–Crippen MR) is 65.8 cm³/mol. The number of nitrogens with one attached hydrogen (secondary N) is 1. The van der Waals surface area contributed by atoms with Crippen molar-refractivity contribution in [1.29, 1.82) is 0 Å². The molecule has 0 aliphatic heterocycles. The van der Waals surface area contributed by atoms with Crippen molar-refractivity contribution < 1.29 is 18.3 Å². The van der Waals surface area contributed by atoms with Crippen LogP contribution in [-0.4, -0.2) is 32.9 Å². The number of hydrogen-bond acceptors (Lipinski definition) is 3. The maximum Gasteiger partial charge on any atom is 0.129 e. The molecule has 3 nitrogen and oxygen atoms in total. The first-order chi connectivity index (χ1) is 8.61. The van der Waals surface area contributed by atoms with Gasteiger partial charge < -0.3 is 14.8 Å². The normalized spacial score (nSPS) is 12.4. The Labute approximate surface area is 106 Å². The lowest BCUT2D eigenvalue weighted by Crippen LogP contribution is -2.30. The Balaban J connectivity index is 2.28. The topological polar surface area (TPSA) is 30.5 Å². The molecule has 18 heavy (non-hydrogen) atoms. The van der Waals surface area contributed by atoms with E-state index in [9.17, 15) is 8.78 Å². The Kier molecular flexibility index (Phi) is 6.60. The van der Waals surface area contributed by atoms with Gasteiger partial charge in [-0.1, -0.05) is 0 Å². The van der Waals surface area contributed by atoms with Crippen LogP contribution in [0.1, 0.15) is 13.3 Å². The summed E-state index contributed by atoms with van der Waals surface area (Å²) in [6.07, 6.45) is 0.756. The van der Waals surface area contributed by atoms with E-state index >= 15 is 0 Å². The fourth-order valence-electron chi connectivity index (χ4n) is 1.52. The second-order valence-corrected chi connectivity index (χ2v) is 4.08. The molecule has 0 aliphatic rings. The highest BCUT2D eigenvalue weighted by Crippen LogP contribution is 2.16. The van der Waals surface area contributed by atoms with Crippen LogP contribution in [0.15, 0.2) is 18.2 Å². The summed E-state index contributed by atoms with van der Waals surface area (Å²) in [7, 11) is 1.66. The number of ether oxygens (including phenoxy) is 2. The largest absolute Gasteiger partial charge is 0.489 e. The van der Waals surface area contributed by atoms with E-state index in [0.29, 0.717) is 13.2 Å². The Morgan fingerprint density at radius 3 is 2.50 bits per heavy atom. The van der Waals surface area contributed by atoms with Gasteiger partial charge in [0.25, 0.3) is 0 Å². The van der Waals surface area contributed by atoms with E-state index in [1.54, 1.807) is 7.11 Å². The number of rotatable bonds is 8. The van der Waals surface area contributed by atoms with Gasteiger partial charge in [-0.3, -0.25) is 0 Å². The van der Waals surface area contributed by atoms with Crippen molar-refractivity contribution in [1.82, 2.24) is 5.32 Å². The predicted octanol–water partition coefficient (Wildman–Crippen LogP) is 2.36. The molecule has 0 amide bonds. The van der Waals surface area contributed by atoms with Crippen molar-refractivity contribution in [3.05, 3.63) is 29.8 Å². The molecule has 0 saturated heterocycles. The molecule has 1 unspecified atom stereocenters. The Bertz CT molecular complexity index is 341. The van der Waals surface area contributed by atoms with E-state index in [-0.39, 0.29) is 11.9 Å². The van der Waals surface area contributed by atoms with E-state index in [0.717, 1.165) is 19.0 Å². The summed E-state index contributed by atoms with van der Waals surface area (Å²) in [5.74, 6) is -1.06. The van der Waals surface area contributed by atoms with Crippen LogP contribution in [0.25, 0.3) is 0 Å². The lowest BCUT2D eigenvalue weighted by molar-refractivity contribution is 0.188. The average molecular weight is 259 g/mol. The smallest absolute Gasteiger partial charge is 0.129 e. The molecule has 0 saturated carbocycles. The third kappa shape index (κ3) is 5.93. The Morgan fingerprint density at radius 1 is 1.22 bits per heavy atom. The minimum absolute atomic E-state index is 0.159. The highest BCUT2D eigenvalue weighted by Gasteiger charge is 2.06. The van der Waals surface area contributed by atoms with Crippen LogP contribution in [0.4, 0.5) is 8.78 Å². The second kappa shape index (κ2) is 8.00. The first-order valence-corrected chi connectivity index (χ1v) is 5.94. The van der Waals surface area contributed by atoms with Crippen molar-refractivity contribution in [3.8, 4) is 5.75 Å². The summed E-state index contributed by atoms with van der Waals surface area (Å²) in [4.78, 5) is 0. The summed E-state index contributed by atoms with van der Waals surface area (Å²) < 4.78 is 36.2. The van der Waals surface area contributed by atoms with Gasteiger partial charge in [0.1, 0.15) is 23.5 Å². The van der Waals surface area contributed by atoms with Crippen LogP contribution in [0, 0.1) is 11.6 Å². The molecule has 1 aromatic carbocycles. The molecule has 1 N–H and O–H groups in total. The van der Waals surface area contributed by atoms with Gasteiger partial charge in [-0.15, -0.1) is 0 Å². The molecule has 0 radical (unpaired) electrons. The molecule has 0 aromatic heterocycles. The molecule has 0 fully saturated rings. The first kappa shape index (κ1) is 14.9. The van der Waals surface area contributed by atoms with Crippen molar-refractivity contribution in [3.63, 3.8) is 0 Å². The van der Waals surface area contributed by atoms with E-state index in [1.165, 1.54) is 12.1 Å². The zero-order chi connectivity index (χ0) is 13.4. The zero-order valence-electron chi connectivity index (χ0n) is 10.7. The van der Waals surface area contributed by atoms with Gasteiger partial charge in [-0.05, 0) is 19.9 Å². The summed E-state index contributed by atoms with van der Waals surface area (Å²) in [5.41, 5.74) is 0. The first-order valence-electron chi connectivity index (χ1n) is 5.94. The van der Waals surface area contributed by atoms with Crippen molar-refractivity contribution in [2.45, 2.75) is 19.4 Å². The van der Waals surface area contributed by atoms with E-state index in [4.69, 9.17) is 9.47 Å².